The highest BCUT2D eigenvalue weighted by Gasteiger charge is 2.45. The highest BCUT2D eigenvalue weighted by atomic mass is 35.5. The van der Waals surface area contributed by atoms with Crippen molar-refractivity contribution in [2.75, 3.05) is 77.9 Å². The van der Waals surface area contributed by atoms with Crippen LogP contribution in [0.15, 0.2) is 18.2 Å². The quantitative estimate of drug-likeness (QED) is 0.149. The van der Waals surface area contributed by atoms with Crippen LogP contribution in [0.2, 0.25) is 0 Å². The van der Waals surface area contributed by atoms with Gasteiger partial charge >= 0.3 is 0 Å². The number of halogens is 1. The smallest absolute Gasteiger partial charge is 0.264 e. The third-order valence-electron chi connectivity index (χ3n) is 5.73. The van der Waals surface area contributed by atoms with E-state index in [1.807, 2.05) is 0 Å². The summed E-state index contributed by atoms with van der Waals surface area (Å²) in [6, 6.07) is 3.36. The second kappa shape index (κ2) is 17.7. The number of hydrogen-bond acceptors (Lipinski definition) is 11. The Bertz CT molecular complexity index is 1040. The lowest BCUT2D eigenvalue weighted by Crippen LogP contribution is -2.54. The van der Waals surface area contributed by atoms with Crippen molar-refractivity contribution in [3.63, 3.8) is 0 Å². The van der Waals surface area contributed by atoms with E-state index in [4.69, 9.17) is 29.4 Å². The number of piperidine rings is 1. The summed E-state index contributed by atoms with van der Waals surface area (Å²) in [5.74, 6) is -3.05. The normalized spacial score (nSPS) is 16.5. The van der Waals surface area contributed by atoms with Crippen molar-refractivity contribution in [3.8, 4) is 0 Å². The maximum Gasteiger partial charge on any atom is 0.264 e. The van der Waals surface area contributed by atoms with Gasteiger partial charge in [-0.05, 0) is 18.6 Å². The Morgan fingerprint density at radius 1 is 0.875 bits per heavy atom. The molecule has 0 radical (unpaired) electrons. The molecule has 1 unspecified atom stereocenters. The number of nitrogens with zero attached hydrogens (tertiary/aromatic N) is 1. The van der Waals surface area contributed by atoms with E-state index in [1.165, 1.54) is 18.2 Å². The molecule has 40 heavy (non-hydrogen) atoms. The molecule has 1 saturated heterocycles. The number of carbonyl (C=O) groups excluding carboxylic acids is 5. The van der Waals surface area contributed by atoms with Gasteiger partial charge in [0.2, 0.25) is 17.7 Å². The fraction of sp³-hybridized carbons (Fsp3) is 0.560. The summed E-state index contributed by atoms with van der Waals surface area (Å²) in [6.07, 6.45) is 0.0585. The summed E-state index contributed by atoms with van der Waals surface area (Å²) >= 11 is 0. The number of ether oxygens (including phenoxy) is 5. The van der Waals surface area contributed by atoms with E-state index in [2.05, 4.69) is 10.6 Å². The lowest BCUT2D eigenvalue weighted by atomic mass is 10.0. The van der Waals surface area contributed by atoms with Gasteiger partial charge < -0.3 is 34.7 Å². The summed E-state index contributed by atoms with van der Waals surface area (Å²) in [5, 5.41) is 4.72. The molecule has 222 valence electrons. The first-order valence-electron chi connectivity index (χ1n) is 12.7. The van der Waals surface area contributed by atoms with Crippen LogP contribution in [0.1, 0.15) is 33.6 Å². The highest BCUT2D eigenvalue weighted by Crippen LogP contribution is 2.32. The Labute approximate surface area is 237 Å². The first kappa shape index (κ1) is 33.2. The Balaban J connectivity index is 0.00000560. The summed E-state index contributed by atoms with van der Waals surface area (Å²) in [5.41, 5.74) is 5.51. The van der Waals surface area contributed by atoms with Crippen LogP contribution in [-0.2, 0) is 38.1 Å². The molecule has 4 N–H and O–H groups in total. The third-order valence-corrected chi connectivity index (χ3v) is 5.73. The van der Waals surface area contributed by atoms with Crippen molar-refractivity contribution in [1.82, 2.24) is 10.2 Å². The van der Waals surface area contributed by atoms with Crippen LogP contribution in [0.25, 0.3) is 0 Å². The third kappa shape index (κ3) is 9.59. The van der Waals surface area contributed by atoms with Crippen molar-refractivity contribution in [1.29, 1.82) is 0 Å². The second-order valence-electron chi connectivity index (χ2n) is 8.51. The lowest BCUT2D eigenvalue weighted by Gasteiger charge is -2.27. The van der Waals surface area contributed by atoms with Gasteiger partial charge in [0.25, 0.3) is 11.8 Å². The molecule has 5 amide bonds. The van der Waals surface area contributed by atoms with Gasteiger partial charge in [0.05, 0.1) is 76.3 Å². The standard InChI is InChI=1S/C25H34N4O10.ClH/c26-6-7-35-8-9-36-10-11-37-12-13-38-14-15-39-16-21(31)27-18-3-1-2-17-22(18)25(34)29(24(17)33)19-4-5-20(30)28-23(19)32;/h1-3,19H,4-16,26H2,(H,27,31)(H,28,30,32);1H. The first-order chi connectivity index (χ1) is 18.9. The van der Waals surface area contributed by atoms with Crippen LogP contribution in [0.5, 0.6) is 0 Å². The van der Waals surface area contributed by atoms with Crippen LogP contribution in [0.4, 0.5) is 5.69 Å². The Kier molecular flexibility index (Phi) is 14.7. The largest absolute Gasteiger partial charge is 0.378 e. The highest BCUT2D eigenvalue weighted by molar-refractivity contribution is 6.26. The lowest BCUT2D eigenvalue weighted by molar-refractivity contribution is -0.136. The van der Waals surface area contributed by atoms with Crippen LogP contribution in [0.3, 0.4) is 0 Å². The average Bonchev–Trinajstić information content (AvgIpc) is 3.17. The number of carbonyl (C=O) groups is 5. The molecule has 2 aliphatic rings. The Morgan fingerprint density at radius 2 is 1.45 bits per heavy atom. The molecule has 0 spiro atoms. The van der Waals surface area contributed by atoms with Gasteiger partial charge in [0.15, 0.2) is 0 Å². The van der Waals surface area contributed by atoms with Crippen LogP contribution in [-0.4, -0.2) is 113 Å². The molecular formula is C25H35ClN4O10. The summed E-state index contributed by atoms with van der Waals surface area (Å²) in [6.45, 7) is 3.69. The predicted molar refractivity (Wildman–Crippen MR) is 142 cm³/mol. The Hall–Kier alpha value is -2.98. The molecule has 14 nitrogen and oxygen atoms in total. The number of nitrogens with one attached hydrogen (secondary N) is 2. The number of rotatable bonds is 18. The minimum atomic E-state index is -1.09. The van der Waals surface area contributed by atoms with Gasteiger partial charge in [-0.3, -0.25) is 34.2 Å². The SMILES string of the molecule is Cl.NCCOCCOCCOCCOCCOCC(=O)Nc1cccc2c1C(=O)N(C1CCC(=O)NC1=O)C2=O. The summed E-state index contributed by atoms with van der Waals surface area (Å²) < 4.78 is 26.6. The summed E-state index contributed by atoms with van der Waals surface area (Å²) in [4.78, 5) is 62.8. The van der Waals surface area contributed by atoms with Gasteiger partial charge in [-0.25, -0.2) is 0 Å². The van der Waals surface area contributed by atoms with E-state index >= 15 is 0 Å². The van der Waals surface area contributed by atoms with E-state index in [-0.39, 0.29) is 61.9 Å². The predicted octanol–water partition coefficient (Wildman–Crippen LogP) is -0.510. The fourth-order valence-corrected chi connectivity index (χ4v) is 3.93. The van der Waals surface area contributed by atoms with E-state index < -0.39 is 35.6 Å². The maximum atomic E-state index is 13.1. The number of hydrogen-bond donors (Lipinski definition) is 3. The van der Waals surface area contributed by atoms with Gasteiger partial charge in [-0.1, -0.05) is 6.07 Å². The van der Waals surface area contributed by atoms with Crippen molar-refractivity contribution >= 4 is 47.6 Å². The minimum absolute atomic E-state index is 0. The van der Waals surface area contributed by atoms with Crippen molar-refractivity contribution in [2.24, 2.45) is 5.73 Å². The van der Waals surface area contributed by atoms with Gasteiger partial charge in [0.1, 0.15) is 12.6 Å². The van der Waals surface area contributed by atoms with Crippen LogP contribution < -0.4 is 16.4 Å². The average molecular weight is 587 g/mol. The zero-order valence-electron chi connectivity index (χ0n) is 22.0. The Morgan fingerprint density at radius 3 is 2.02 bits per heavy atom. The molecule has 1 aromatic rings. The number of nitrogens with two attached hydrogens (primary N) is 1. The zero-order valence-corrected chi connectivity index (χ0v) is 22.8. The molecule has 1 aromatic carbocycles. The van der Waals surface area contributed by atoms with Crippen molar-refractivity contribution < 1.29 is 47.7 Å². The van der Waals surface area contributed by atoms with Gasteiger partial charge in [0, 0.05) is 13.0 Å². The molecule has 3 rings (SSSR count). The maximum absolute atomic E-state index is 13.1. The molecule has 0 bridgehead atoms. The topological polar surface area (TPSA) is 185 Å². The second-order valence-corrected chi connectivity index (χ2v) is 8.51. The first-order valence-corrected chi connectivity index (χ1v) is 12.7. The van der Waals surface area contributed by atoms with Crippen LogP contribution >= 0.6 is 12.4 Å². The fourth-order valence-electron chi connectivity index (χ4n) is 3.93. The van der Waals surface area contributed by atoms with E-state index in [9.17, 15) is 24.0 Å². The molecule has 1 fully saturated rings. The van der Waals surface area contributed by atoms with Gasteiger partial charge in [-0.15, -0.1) is 12.4 Å². The molecule has 0 aromatic heterocycles. The molecule has 0 saturated carbocycles. The van der Waals surface area contributed by atoms with E-state index in [1.54, 1.807) is 0 Å². The monoisotopic (exact) mass is 586 g/mol. The number of fused-ring (bicyclic) bond motifs is 1. The number of anilines is 1. The summed E-state index contributed by atoms with van der Waals surface area (Å²) in [7, 11) is 0. The molecule has 0 aliphatic carbocycles. The number of imide groups is 2. The van der Waals surface area contributed by atoms with E-state index in [0.29, 0.717) is 52.8 Å². The number of benzene rings is 1. The van der Waals surface area contributed by atoms with E-state index in [0.717, 1.165) is 4.90 Å². The minimum Gasteiger partial charge on any atom is -0.378 e. The molecule has 2 heterocycles. The van der Waals surface area contributed by atoms with Gasteiger partial charge in [-0.2, -0.15) is 0 Å². The molecule has 2 aliphatic heterocycles. The number of amides is 5. The molecule has 1 atom stereocenters. The van der Waals surface area contributed by atoms with Crippen LogP contribution in [0, 0.1) is 0 Å². The molecule has 15 heteroatoms. The molecular weight excluding hydrogens is 552 g/mol. The van der Waals surface area contributed by atoms with Crippen molar-refractivity contribution in [3.05, 3.63) is 29.3 Å². The van der Waals surface area contributed by atoms with Crippen molar-refractivity contribution in [2.45, 2.75) is 18.9 Å². The zero-order chi connectivity index (χ0) is 28.0.